The number of carbonyl (C=O) groups excluding carboxylic acids is 1. The minimum Gasteiger partial charge on any atom is -0.491 e. The molecule has 1 aromatic heterocycles. The SMILES string of the molecule is CC(C)Oc1ccc(NC(=O)CN2CCN(c3ncccn3)CC2)cc1. The van der Waals surface area contributed by atoms with Crippen LogP contribution < -0.4 is 15.0 Å². The number of hydrogen-bond donors (Lipinski definition) is 1. The first-order valence-corrected chi connectivity index (χ1v) is 8.91. The second-order valence-electron chi connectivity index (χ2n) is 6.55. The summed E-state index contributed by atoms with van der Waals surface area (Å²) in [4.78, 5) is 25.1. The zero-order chi connectivity index (χ0) is 18.4. The van der Waals surface area contributed by atoms with E-state index in [0.717, 1.165) is 43.6 Å². The summed E-state index contributed by atoms with van der Waals surface area (Å²) in [6.45, 7) is 7.61. The lowest BCUT2D eigenvalue weighted by Gasteiger charge is -2.34. The van der Waals surface area contributed by atoms with Gasteiger partial charge in [-0.25, -0.2) is 9.97 Å². The van der Waals surface area contributed by atoms with Crippen LogP contribution in [0.3, 0.4) is 0 Å². The average molecular weight is 355 g/mol. The number of amides is 1. The molecule has 3 rings (SSSR count). The fourth-order valence-corrected chi connectivity index (χ4v) is 2.85. The van der Waals surface area contributed by atoms with Crippen molar-refractivity contribution < 1.29 is 9.53 Å². The quantitative estimate of drug-likeness (QED) is 0.855. The smallest absolute Gasteiger partial charge is 0.238 e. The third kappa shape index (κ3) is 5.16. The number of ether oxygens (including phenoxy) is 1. The van der Waals surface area contributed by atoms with Gasteiger partial charge >= 0.3 is 0 Å². The number of carbonyl (C=O) groups is 1. The van der Waals surface area contributed by atoms with Crippen molar-refractivity contribution in [3.8, 4) is 5.75 Å². The summed E-state index contributed by atoms with van der Waals surface area (Å²) in [6, 6.07) is 9.27. The fraction of sp³-hybridized carbons (Fsp3) is 0.421. The summed E-state index contributed by atoms with van der Waals surface area (Å²) < 4.78 is 5.61. The number of hydrogen-bond acceptors (Lipinski definition) is 6. The highest BCUT2D eigenvalue weighted by Gasteiger charge is 2.20. The Morgan fingerprint density at radius 3 is 2.38 bits per heavy atom. The van der Waals surface area contributed by atoms with E-state index < -0.39 is 0 Å². The van der Waals surface area contributed by atoms with Gasteiger partial charge in [0.2, 0.25) is 11.9 Å². The maximum atomic E-state index is 12.3. The summed E-state index contributed by atoms with van der Waals surface area (Å²) >= 11 is 0. The number of rotatable bonds is 6. The van der Waals surface area contributed by atoms with Crippen LogP contribution in [-0.4, -0.2) is 59.6 Å². The molecule has 7 heteroatoms. The third-order valence-electron chi connectivity index (χ3n) is 4.08. The van der Waals surface area contributed by atoms with Crippen LogP contribution in [0, 0.1) is 0 Å². The van der Waals surface area contributed by atoms with Crippen molar-refractivity contribution >= 4 is 17.5 Å². The van der Waals surface area contributed by atoms with Crippen molar-refractivity contribution in [2.24, 2.45) is 0 Å². The van der Waals surface area contributed by atoms with E-state index in [0.29, 0.717) is 6.54 Å². The summed E-state index contributed by atoms with van der Waals surface area (Å²) in [5, 5.41) is 2.94. The van der Waals surface area contributed by atoms with Crippen LogP contribution >= 0.6 is 0 Å². The molecule has 26 heavy (non-hydrogen) atoms. The summed E-state index contributed by atoms with van der Waals surface area (Å²) in [7, 11) is 0. The van der Waals surface area contributed by atoms with Crippen molar-refractivity contribution in [3.63, 3.8) is 0 Å². The first kappa shape index (κ1) is 18.1. The molecular formula is C19H25N5O2. The Morgan fingerprint density at radius 2 is 1.77 bits per heavy atom. The van der Waals surface area contributed by atoms with Gasteiger partial charge in [0.05, 0.1) is 12.6 Å². The van der Waals surface area contributed by atoms with E-state index in [2.05, 4.69) is 25.1 Å². The van der Waals surface area contributed by atoms with Crippen LogP contribution in [-0.2, 0) is 4.79 Å². The predicted octanol–water partition coefficient (Wildman–Crippen LogP) is 2.02. The molecular weight excluding hydrogens is 330 g/mol. The van der Waals surface area contributed by atoms with E-state index >= 15 is 0 Å². The number of nitrogens with one attached hydrogen (secondary N) is 1. The Balaban J connectivity index is 1.44. The maximum absolute atomic E-state index is 12.3. The normalized spacial score (nSPS) is 15.1. The number of aromatic nitrogens is 2. The average Bonchev–Trinajstić information content (AvgIpc) is 2.64. The van der Waals surface area contributed by atoms with E-state index in [1.54, 1.807) is 12.4 Å². The fourth-order valence-electron chi connectivity index (χ4n) is 2.85. The zero-order valence-electron chi connectivity index (χ0n) is 15.3. The molecule has 0 spiro atoms. The van der Waals surface area contributed by atoms with Gasteiger partial charge in [0.1, 0.15) is 5.75 Å². The molecule has 1 aliphatic heterocycles. The molecule has 0 aliphatic carbocycles. The number of benzene rings is 1. The van der Waals surface area contributed by atoms with Crippen LogP contribution in [0.5, 0.6) is 5.75 Å². The highest BCUT2D eigenvalue weighted by molar-refractivity contribution is 5.92. The lowest BCUT2D eigenvalue weighted by Crippen LogP contribution is -2.49. The van der Waals surface area contributed by atoms with Gasteiger partial charge in [0.15, 0.2) is 0 Å². The molecule has 0 saturated carbocycles. The van der Waals surface area contributed by atoms with E-state index in [4.69, 9.17) is 4.74 Å². The lowest BCUT2D eigenvalue weighted by molar-refractivity contribution is -0.117. The van der Waals surface area contributed by atoms with Gasteiger partial charge in [-0.15, -0.1) is 0 Å². The molecule has 0 radical (unpaired) electrons. The Labute approximate surface area is 154 Å². The van der Waals surface area contributed by atoms with Crippen molar-refractivity contribution in [2.45, 2.75) is 20.0 Å². The molecule has 0 unspecified atom stereocenters. The van der Waals surface area contributed by atoms with E-state index in [1.807, 2.05) is 44.2 Å². The van der Waals surface area contributed by atoms with Crippen molar-refractivity contribution in [1.82, 2.24) is 14.9 Å². The Morgan fingerprint density at radius 1 is 1.12 bits per heavy atom. The zero-order valence-corrected chi connectivity index (χ0v) is 15.3. The van der Waals surface area contributed by atoms with Crippen molar-refractivity contribution in [2.75, 3.05) is 42.9 Å². The monoisotopic (exact) mass is 355 g/mol. The van der Waals surface area contributed by atoms with E-state index in [9.17, 15) is 4.79 Å². The van der Waals surface area contributed by atoms with Gasteiger partial charge in [-0.05, 0) is 44.2 Å². The molecule has 7 nitrogen and oxygen atoms in total. The predicted molar refractivity (Wildman–Crippen MR) is 102 cm³/mol. The number of anilines is 2. The summed E-state index contributed by atoms with van der Waals surface area (Å²) in [6.07, 6.45) is 3.63. The molecule has 0 bridgehead atoms. The highest BCUT2D eigenvalue weighted by atomic mass is 16.5. The molecule has 1 N–H and O–H groups in total. The van der Waals surface area contributed by atoms with Crippen LogP contribution in [0.4, 0.5) is 11.6 Å². The highest BCUT2D eigenvalue weighted by Crippen LogP contribution is 2.17. The standard InChI is InChI=1S/C19H25N5O2/c1-15(2)26-17-6-4-16(5-7-17)22-18(25)14-23-10-12-24(13-11-23)19-20-8-3-9-21-19/h3-9,15H,10-14H2,1-2H3,(H,22,25). The Bertz CT molecular complexity index is 698. The molecule has 1 aliphatic rings. The second-order valence-corrected chi connectivity index (χ2v) is 6.55. The van der Waals surface area contributed by atoms with Crippen LogP contribution in [0.2, 0.25) is 0 Å². The molecule has 2 aromatic rings. The Hall–Kier alpha value is -2.67. The van der Waals surface area contributed by atoms with Crippen LogP contribution in [0.25, 0.3) is 0 Å². The first-order chi connectivity index (χ1) is 12.6. The van der Waals surface area contributed by atoms with E-state index in [-0.39, 0.29) is 12.0 Å². The van der Waals surface area contributed by atoms with Gasteiger partial charge in [-0.3, -0.25) is 9.69 Å². The summed E-state index contributed by atoms with van der Waals surface area (Å²) in [5.74, 6) is 1.55. The van der Waals surface area contributed by atoms with Gasteiger partial charge in [-0.1, -0.05) is 0 Å². The van der Waals surface area contributed by atoms with Gasteiger partial charge in [0, 0.05) is 44.3 Å². The topological polar surface area (TPSA) is 70.6 Å². The minimum atomic E-state index is -0.00746. The minimum absolute atomic E-state index is 0.00746. The molecule has 2 heterocycles. The van der Waals surface area contributed by atoms with Gasteiger partial charge < -0.3 is 15.0 Å². The van der Waals surface area contributed by atoms with Gasteiger partial charge in [0.25, 0.3) is 0 Å². The second kappa shape index (κ2) is 8.62. The number of piperazine rings is 1. The molecule has 0 atom stereocenters. The lowest BCUT2D eigenvalue weighted by atomic mass is 10.3. The van der Waals surface area contributed by atoms with E-state index in [1.165, 1.54) is 0 Å². The molecule has 1 fully saturated rings. The molecule has 1 aromatic carbocycles. The van der Waals surface area contributed by atoms with Crippen molar-refractivity contribution in [3.05, 3.63) is 42.7 Å². The first-order valence-electron chi connectivity index (χ1n) is 8.91. The molecule has 1 saturated heterocycles. The molecule has 138 valence electrons. The van der Waals surface area contributed by atoms with Crippen LogP contribution in [0.15, 0.2) is 42.7 Å². The van der Waals surface area contributed by atoms with Gasteiger partial charge in [-0.2, -0.15) is 0 Å². The largest absolute Gasteiger partial charge is 0.491 e. The summed E-state index contributed by atoms with van der Waals surface area (Å²) in [5.41, 5.74) is 0.780. The third-order valence-corrected chi connectivity index (χ3v) is 4.08. The van der Waals surface area contributed by atoms with Crippen LogP contribution in [0.1, 0.15) is 13.8 Å². The number of nitrogens with zero attached hydrogens (tertiary/aromatic N) is 4. The molecule has 1 amide bonds. The Kier molecular flexibility index (Phi) is 6.01. The maximum Gasteiger partial charge on any atom is 0.238 e. The van der Waals surface area contributed by atoms with Crippen molar-refractivity contribution in [1.29, 1.82) is 0 Å².